The molecule has 3 rings (SSSR count). The molecule has 1 aromatic rings. The highest BCUT2D eigenvalue weighted by Gasteiger charge is 2.29. The lowest BCUT2D eigenvalue weighted by Gasteiger charge is -2.33. The zero-order valence-corrected chi connectivity index (χ0v) is 21.0. The Bertz CT molecular complexity index is 641. The molecule has 2 heterocycles. The summed E-state index contributed by atoms with van der Waals surface area (Å²) in [6.07, 6.45) is 3.61. The number of guanidine groups is 1. The number of likely N-dealkylation sites (tertiary alicyclic amines) is 1. The highest BCUT2D eigenvalue weighted by atomic mass is 127. The fraction of sp³-hybridized carbons (Fsp3) is 0.696. The van der Waals surface area contributed by atoms with Crippen LogP contribution in [0.5, 0.6) is 0 Å². The van der Waals surface area contributed by atoms with E-state index >= 15 is 0 Å². The Kier molecular flexibility index (Phi) is 11.4. The molecule has 30 heavy (non-hydrogen) atoms. The second-order valence-corrected chi connectivity index (χ2v) is 8.20. The number of nitrogens with zero attached hydrogens (tertiary/aromatic N) is 2. The lowest BCUT2D eigenvalue weighted by Crippen LogP contribution is -2.43. The summed E-state index contributed by atoms with van der Waals surface area (Å²) >= 11 is 0. The summed E-state index contributed by atoms with van der Waals surface area (Å²) in [5.41, 5.74) is 2.57. The van der Waals surface area contributed by atoms with Crippen molar-refractivity contribution < 1.29 is 14.2 Å². The molecular weight excluding hydrogens is 493 g/mol. The van der Waals surface area contributed by atoms with Gasteiger partial charge in [0.15, 0.2) is 5.96 Å². The Morgan fingerprint density at radius 2 is 2.03 bits per heavy atom. The maximum Gasteiger partial charge on any atom is 0.193 e. The van der Waals surface area contributed by atoms with Crippen LogP contribution in [0.25, 0.3) is 0 Å². The van der Waals surface area contributed by atoms with E-state index in [0.29, 0.717) is 25.0 Å². The van der Waals surface area contributed by atoms with Gasteiger partial charge in [-0.1, -0.05) is 29.8 Å². The monoisotopic (exact) mass is 531 g/mol. The molecule has 1 N–H and O–H groups in total. The summed E-state index contributed by atoms with van der Waals surface area (Å²) < 4.78 is 16.9. The minimum Gasteiger partial charge on any atom is -0.382 e. The van der Waals surface area contributed by atoms with Crippen LogP contribution in [0.4, 0.5) is 0 Å². The van der Waals surface area contributed by atoms with Crippen molar-refractivity contribution in [3.63, 3.8) is 0 Å². The van der Waals surface area contributed by atoms with E-state index in [-0.39, 0.29) is 30.1 Å². The van der Waals surface area contributed by atoms with Crippen molar-refractivity contribution in [2.24, 2.45) is 16.8 Å². The Morgan fingerprint density at radius 1 is 1.23 bits per heavy atom. The highest BCUT2D eigenvalue weighted by Crippen LogP contribution is 2.33. The number of hydrogen-bond acceptors (Lipinski definition) is 4. The smallest absolute Gasteiger partial charge is 0.193 e. The molecule has 0 saturated carbocycles. The van der Waals surface area contributed by atoms with E-state index in [1.807, 2.05) is 7.05 Å². The largest absolute Gasteiger partial charge is 0.382 e. The number of hydrogen-bond donors (Lipinski definition) is 1. The van der Waals surface area contributed by atoms with E-state index in [1.165, 1.54) is 17.5 Å². The van der Waals surface area contributed by atoms with Crippen LogP contribution in [-0.4, -0.2) is 71.1 Å². The molecule has 0 radical (unpaired) electrons. The van der Waals surface area contributed by atoms with Crippen molar-refractivity contribution >= 4 is 29.9 Å². The van der Waals surface area contributed by atoms with Crippen LogP contribution in [0.1, 0.15) is 36.5 Å². The van der Waals surface area contributed by atoms with E-state index in [4.69, 9.17) is 14.2 Å². The Balaban J connectivity index is 0.00000320. The number of benzene rings is 1. The summed E-state index contributed by atoms with van der Waals surface area (Å²) in [4.78, 5) is 6.89. The molecule has 2 aliphatic heterocycles. The molecule has 2 aliphatic rings. The molecule has 0 amide bonds. The summed E-state index contributed by atoms with van der Waals surface area (Å²) in [7, 11) is 3.58. The molecule has 0 bridgehead atoms. The molecular formula is C23H38IN3O3. The molecule has 6 nitrogen and oxygen atoms in total. The molecule has 7 heteroatoms. The van der Waals surface area contributed by atoms with Gasteiger partial charge in [-0.05, 0) is 31.7 Å². The van der Waals surface area contributed by atoms with Crippen LogP contribution in [0, 0.1) is 18.8 Å². The molecule has 2 saturated heterocycles. The number of aliphatic imine (C=N–C) groups is 1. The number of methoxy groups -OCH3 is 1. The van der Waals surface area contributed by atoms with Gasteiger partial charge in [-0.2, -0.15) is 0 Å². The lowest BCUT2D eigenvalue weighted by atomic mass is 9.89. The third kappa shape index (κ3) is 7.35. The van der Waals surface area contributed by atoms with E-state index in [9.17, 15) is 0 Å². The van der Waals surface area contributed by atoms with Gasteiger partial charge in [-0.3, -0.25) is 4.99 Å². The zero-order chi connectivity index (χ0) is 20.5. The molecule has 170 valence electrons. The average molecular weight is 531 g/mol. The number of halogens is 1. The average Bonchev–Trinajstić information content (AvgIpc) is 3.21. The van der Waals surface area contributed by atoms with Crippen molar-refractivity contribution in [3.05, 3.63) is 35.4 Å². The van der Waals surface area contributed by atoms with Gasteiger partial charge in [0.05, 0.1) is 25.9 Å². The van der Waals surface area contributed by atoms with Gasteiger partial charge in [0.1, 0.15) is 0 Å². The SMILES string of the molecule is CN=C(NCC1CCCOC1c1ccc(C)cc1)N1CCC(COCCOC)C1.I. The molecule has 0 aliphatic carbocycles. The molecule has 1 aromatic carbocycles. The van der Waals surface area contributed by atoms with Crippen molar-refractivity contribution in [3.8, 4) is 0 Å². The van der Waals surface area contributed by atoms with Gasteiger partial charge in [-0.15, -0.1) is 24.0 Å². The molecule has 0 spiro atoms. The van der Waals surface area contributed by atoms with Crippen LogP contribution in [0.15, 0.2) is 29.3 Å². The fourth-order valence-electron chi connectivity index (χ4n) is 4.28. The van der Waals surface area contributed by atoms with E-state index < -0.39 is 0 Å². The Hall–Kier alpha value is -0.900. The Morgan fingerprint density at radius 3 is 2.77 bits per heavy atom. The minimum atomic E-state index is 0. The van der Waals surface area contributed by atoms with Crippen LogP contribution in [0.3, 0.4) is 0 Å². The number of ether oxygens (including phenoxy) is 3. The number of aryl methyl sites for hydroxylation is 1. The molecule has 0 aromatic heterocycles. The first-order chi connectivity index (χ1) is 14.2. The first-order valence-electron chi connectivity index (χ1n) is 10.9. The topological polar surface area (TPSA) is 55.3 Å². The quantitative estimate of drug-likeness (QED) is 0.240. The highest BCUT2D eigenvalue weighted by molar-refractivity contribution is 14.0. The first kappa shape index (κ1) is 25.4. The molecule has 2 fully saturated rings. The van der Waals surface area contributed by atoms with Gasteiger partial charge >= 0.3 is 0 Å². The van der Waals surface area contributed by atoms with Crippen molar-refractivity contribution in [1.29, 1.82) is 0 Å². The Labute approximate surface area is 198 Å². The van der Waals surface area contributed by atoms with Crippen molar-refractivity contribution in [2.75, 3.05) is 60.2 Å². The summed E-state index contributed by atoms with van der Waals surface area (Å²) in [5, 5.41) is 3.62. The second kappa shape index (κ2) is 13.5. The van der Waals surface area contributed by atoms with Gasteiger partial charge in [0, 0.05) is 52.2 Å². The first-order valence-corrected chi connectivity index (χ1v) is 10.9. The van der Waals surface area contributed by atoms with Crippen molar-refractivity contribution in [2.45, 2.75) is 32.3 Å². The zero-order valence-electron chi connectivity index (χ0n) is 18.6. The van der Waals surface area contributed by atoms with Gasteiger partial charge in [0.25, 0.3) is 0 Å². The number of nitrogens with one attached hydrogen (secondary N) is 1. The van der Waals surface area contributed by atoms with Crippen LogP contribution >= 0.6 is 24.0 Å². The predicted octanol–water partition coefficient (Wildman–Crippen LogP) is 3.64. The fourth-order valence-corrected chi connectivity index (χ4v) is 4.28. The van der Waals surface area contributed by atoms with Crippen molar-refractivity contribution in [1.82, 2.24) is 10.2 Å². The maximum absolute atomic E-state index is 6.17. The normalized spacial score (nSPS) is 24.6. The summed E-state index contributed by atoms with van der Waals surface area (Å²) in [5.74, 6) is 2.01. The van der Waals surface area contributed by atoms with Crippen LogP contribution in [0.2, 0.25) is 0 Å². The van der Waals surface area contributed by atoms with Gasteiger partial charge < -0.3 is 24.4 Å². The predicted molar refractivity (Wildman–Crippen MR) is 132 cm³/mol. The number of rotatable bonds is 8. The van der Waals surface area contributed by atoms with Crippen LogP contribution in [-0.2, 0) is 14.2 Å². The summed E-state index contributed by atoms with van der Waals surface area (Å²) in [6, 6.07) is 8.77. The third-order valence-corrected chi connectivity index (χ3v) is 5.96. The van der Waals surface area contributed by atoms with Gasteiger partial charge in [0.2, 0.25) is 0 Å². The van der Waals surface area contributed by atoms with E-state index in [1.54, 1.807) is 7.11 Å². The minimum absolute atomic E-state index is 0. The molecule has 3 unspecified atom stereocenters. The third-order valence-electron chi connectivity index (χ3n) is 5.96. The summed E-state index contributed by atoms with van der Waals surface area (Å²) in [6.45, 7) is 8.00. The standard InChI is InChI=1S/C23H37N3O3.HI/c1-18-6-8-20(9-7-18)22-21(5-4-12-29-22)15-25-23(24-2)26-11-10-19(16-26)17-28-14-13-27-3;/h6-9,19,21-22H,4-5,10-17H2,1-3H3,(H,24,25);1H. The van der Waals surface area contributed by atoms with E-state index in [0.717, 1.165) is 51.6 Å². The maximum atomic E-state index is 6.17. The lowest BCUT2D eigenvalue weighted by molar-refractivity contribution is -0.0266. The second-order valence-electron chi connectivity index (χ2n) is 8.20. The van der Waals surface area contributed by atoms with Gasteiger partial charge in [-0.25, -0.2) is 0 Å². The van der Waals surface area contributed by atoms with Crippen LogP contribution < -0.4 is 5.32 Å². The van der Waals surface area contributed by atoms with E-state index in [2.05, 4.69) is 46.4 Å². The molecule has 3 atom stereocenters.